The topological polar surface area (TPSA) is 107 Å². The Morgan fingerprint density at radius 3 is 2.59 bits per heavy atom. The van der Waals surface area contributed by atoms with Gasteiger partial charge < -0.3 is 10.2 Å². The highest BCUT2D eigenvalue weighted by molar-refractivity contribution is 7.18. The van der Waals surface area contributed by atoms with Crippen molar-refractivity contribution in [3.05, 3.63) is 47.4 Å². The van der Waals surface area contributed by atoms with Gasteiger partial charge in [-0.2, -0.15) is 5.10 Å². The molecule has 2 aliphatic heterocycles. The first-order valence-corrected chi connectivity index (χ1v) is 15.3. The number of fused-ring (bicyclic) bond motifs is 2. The van der Waals surface area contributed by atoms with Crippen LogP contribution in [0, 0.1) is 5.92 Å². The maximum atomic E-state index is 13.6. The van der Waals surface area contributed by atoms with Crippen molar-refractivity contribution in [3.8, 4) is 0 Å². The molecule has 9 nitrogen and oxygen atoms in total. The van der Waals surface area contributed by atoms with Gasteiger partial charge in [0.25, 0.3) is 0 Å². The van der Waals surface area contributed by atoms with E-state index < -0.39 is 11.8 Å². The highest BCUT2D eigenvalue weighted by atomic mass is 32.1. The Balaban J connectivity index is 1.25. The largest absolute Gasteiger partial charge is 0.327 e. The van der Waals surface area contributed by atoms with Crippen molar-refractivity contribution < 1.29 is 9.59 Å². The third kappa shape index (κ3) is 5.12. The average molecular weight is 574 g/mol. The highest BCUT2D eigenvalue weighted by Crippen LogP contribution is 2.46. The van der Waals surface area contributed by atoms with Gasteiger partial charge in [-0.3, -0.25) is 24.6 Å². The number of aromatic nitrogens is 4. The second-order valence-electron chi connectivity index (χ2n) is 13.2. The third-order valence-electron chi connectivity index (χ3n) is 9.35. The lowest BCUT2D eigenvalue weighted by atomic mass is 9.74. The van der Waals surface area contributed by atoms with Crippen LogP contribution in [0.4, 0.5) is 5.69 Å². The summed E-state index contributed by atoms with van der Waals surface area (Å²) in [6, 6.07) is 6.21. The maximum Gasteiger partial charge on any atom is 0.314 e. The number of thiazole rings is 1. The van der Waals surface area contributed by atoms with Crippen LogP contribution >= 0.6 is 11.3 Å². The molecule has 4 aromatic rings. The zero-order chi connectivity index (χ0) is 29.1. The smallest absolute Gasteiger partial charge is 0.314 e. The van der Waals surface area contributed by atoms with Crippen molar-refractivity contribution in [2.75, 3.05) is 18.9 Å². The molecule has 2 fully saturated rings. The SMILES string of the molecule is C[C@H]1CC[C@H](c2ccc3sc(C4CC(C)(C)N(C)C(C)(C)C4)nc3c2)N(C(=O)C(=O)Nc2cncc3cn[nH]c23)C1. The fourth-order valence-electron chi connectivity index (χ4n) is 6.88. The third-order valence-corrected chi connectivity index (χ3v) is 10.5. The molecular weight excluding hydrogens is 534 g/mol. The number of benzene rings is 1. The van der Waals surface area contributed by atoms with Crippen LogP contribution in [0.1, 0.15) is 82.8 Å². The zero-order valence-corrected chi connectivity index (χ0v) is 25.5. The van der Waals surface area contributed by atoms with Gasteiger partial charge in [0.05, 0.1) is 44.9 Å². The standard InChI is InChI=1S/C31H39N7O2S/c1-18-7-9-24(38(17-18)29(40)27(39)34-23-16-32-14-21-15-33-36-26(21)23)19-8-10-25-22(11-19)35-28(41-25)20-12-30(2,3)37(6)31(4,5)13-20/h8,10-11,14-16,18,20,24H,7,9,12-13,17H2,1-6H3,(H,33,36)(H,34,39)/t18-,24+/m0/s1. The summed E-state index contributed by atoms with van der Waals surface area (Å²) in [6.45, 7) is 12.0. The Labute approximate surface area is 244 Å². The number of nitrogens with zero attached hydrogens (tertiary/aromatic N) is 5. The van der Waals surface area contributed by atoms with E-state index in [9.17, 15) is 9.59 Å². The Bertz CT molecular complexity index is 1600. The molecule has 2 amide bonds. The van der Waals surface area contributed by atoms with E-state index in [-0.39, 0.29) is 17.1 Å². The first-order chi connectivity index (χ1) is 19.4. The summed E-state index contributed by atoms with van der Waals surface area (Å²) in [4.78, 5) is 40.3. The number of nitrogens with one attached hydrogen (secondary N) is 2. The molecule has 6 rings (SSSR count). The molecule has 3 aromatic heterocycles. The van der Waals surface area contributed by atoms with Gasteiger partial charge >= 0.3 is 11.8 Å². The number of pyridine rings is 1. The van der Waals surface area contributed by atoms with Gasteiger partial charge in [0.15, 0.2) is 0 Å². The second kappa shape index (κ2) is 10.2. The van der Waals surface area contributed by atoms with Crippen LogP contribution < -0.4 is 5.32 Å². The van der Waals surface area contributed by atoms with Gasteiger partial charge in [-0.05, 0) is 84.0 Å². The van der Waals surface area contributed by atoms with Crippen molar-refractivity contribution in [2.45, 2.75) is 83.3 Å². The first kappa shape index (κ1) is 27.8. The quantitative estimate of drug-likeness (QED) is 0.297. The molecule has 0 unspecified atom stereocenters. The van der Waals surface area contributed by atoms with Gasteiger partial charge in [-0.25, -0.2) is 4.98 Å². The average Bonchev–Trinajstić information content (AvgIpc) is 3.58. The lowest BCUT2D eigenvalue weighted by Crippen LogP contribution is -2.58. The molecule has 0 spiro atoms. The normalized spacial score (nSPS) is 23.2. The molecule has 216 valence electrons. The van der Waals surface area contributed by atoms with Crippen LogP contribution in [-0.2, 0) is 9.59 Å². The molecule has 5 heterocycles. The van der Waals surface area contributed by atoms with Gasteiger partial charge in [0.2, 0.25) is 0 Å². The van der Waals surface area contributed by atoms with Crippen LogP contribution in [-0.4, -0.2) is 66.4 Å². The molecule has 41 heavy (non-hydrogen) atoms. The Kier molecular flexibility index (Phi) is 6.89. The number of piperidine rings is 2. The zero-order valence-electron chi connectivity index (χ0n) is 24.7. The van der Waals surface area contributed by atoms with Gasteiger partial charge in [0.1, 0.15) is 0 Å². The van der Waals surface area contributed by atoms with E-state index in [1.54, 1.807) is 28.6 Å². The van der Waals surface area contributed by atoms with Crippen molar-refractivity contribution in [3.63, 3.8) is 0 Å². The minimum Gasteiger partial charge on any atom is -0.327 e. The number of carbonyl (C=O) groups excluding carboxylic acids is 2. The van der Waals surface area contributed by atoms with Gasteiger partial charge in [-0.15, -0.1) is 11.3 Å². The number of anilines is 1. The number of hydrogen-bond acceptors (Lipinski definition) is 7. The molecule has 2 saturated heterocycles. The summed E-state index contributed by atoms with van der Waals surface area (Å²) in [5, 5.41) is 11.6. The van der Waals surface area contributed by atoms with E-state index in [1.165, 1.54) is 15.9 Å². The van der Waals surface area contributed by atoms with Crippen LogP contribution in [0.25, 0.3) is 21.1 Å². The Morgan fingerprint density at radius 2 is 1.83 bits per heavy atom. The summed E-state index contributed by atoms with van der Waals surface area (Å²) in [5.74, 6) is -0.486. The van der Waals surface area contributed by atoms with Crippen LogP contribution in [0.3, 0.4) is 0 Å². The minimum absolute atomic E-state index is 0.0919. The number of H-pyrrole nitrogens is 1. The summed E-state index contributed by atoms with van der Waals surface area (Å²) in [5.41, 5.74) is 3.28. The summed E-state index contributed by atoms with van der Waals surface area (Å²) in [6.07, 6.45) is 8.76. The number of likely N-dealkylation sites (tertiary alicyclic amines) is 2. The molecule has 2 N–H and O–H groups in total. The molecule has 0 bridgehead atoms. The second-order valence-corrected chi connectivity index (χ2v) is 14.3. The van der Waals surface area contributed by atoms with E-state index in [4.69, 9.17) is 4.98 Å². The van der Waals surface area contributed by atoms with Crippen molar-refractivity contribution in [1.29, 1.82) is 0 Å². The summed E-state index contributed by atoms with van der Waals surface area (Å²) < 4.78 is 1.17. The van der Waals surface area contributed by atoms with Crippen LogP contribution in [0.15, 0.2) is 36.8 Å². The van der Waals surface area contributed by atoms with Crippen molar-refractivity contribution in [1.82, 2.24) is 30.0 Å². The van der Waals surface area contributed by atoms with Crippen molar-refractivity contribution in [2.24, 2.45) is 5.92 Å². The fourth-order valence-corrected chi connectivity index (χ4v) is 7.93. The molecule has 2 aliphatic rings. The Hall–Kier alpha value is -3.37. The van der Waals surface area contributed by atoms with Crippen LogP contribution in [0.2, 0.25) is 0 Å². The van der Waals surface area contributed by atoms with E-state index in [0.717, 1.165) is 42.1 Å². The summed E-state index contributed by atoms with van der Waals surface area (Å²) in [7, 11) is 2.23. The fraction of sp³-hybridized carbons (Fsp3) is 0.516. The van der Waals surface area contributed by atoms with E-state index in [2.05, 4.69) is 85.3 Å². The lowest BCUT2D eigenvalue weighted by Gasteiger charge is -2.53. The number of rotatable bonds is 3. The predicted octanol–water partition coefficient (Wildman–Crippen LogP) is 5.87. The number of carbonyl (C=O) groups is 2. The predicted molar refractivity (Wildman–Crippen MR) is 163 cm³/mol. The molecule has 2 atom stereocenters. The Morgan fingerprint density at radius 1 is 1.07 bits per heavy atom. The molecule has 10 heteroatoms. The maximum absolute atomic E-state index is 13.6. The van der Waals surface area contributed by atoms with E-state index in [0.29, 0.717) is 29.6 Å². The van der Waals surface area contributed by atoms with Crippen molar-refractivity contribution >= 4 is 50.0 Å². The molecule has 1 aromatic carbocycles. The molecule has 0 aliphatic carbocycles. The summed E-state index contributed by atoms with van der Waals surface area (Å²) >= 11 is 1.79. The van der Waals surface area contributed by atoms with Crippen LogP contribution in [0.5, 0.6) is 0 Å². The molecule has 0 radical (unpaired) electrons. The van der Waals surface area contributed by atoms with E-state index in [1.807, 2.05) is 0 Å². The lowest BCUT2D eigenvalue weighted by molar-refractivity contribution is -0.146. The number of hydrogen-bond donors (Lipinski definition) is 2. The van der Waals surface area contributed by atoms with E-state index >= 15 is 0 Å². The minimum atomic E-state index is -0.669. The van der Waals surface area contributed by atoms with Gasteiger partial charge in [0, 0.05) is 35.1 Å². The number of amides is 2. The monoisotopic (exact) mass is 573 g/mol. The highest BCUT2D eigenvalue weighted by Gasteiger charge is 2.44. The number of aromatic amines is 1. The molecule has 0 saturated carbocycles. The first-order valence-electron chi connectivity index (χ1n) is 14.5. The molecular formula is C31H39N7O2S. The van der Waals surface area contributed by atoms with Gasteiger partial charge in [-0.1, -0.05) is 13.0 Å².